The van der Waals surface area contributed by atoms with E-state index in [1.54, 1.807) is 6.92 Å². The molecule has 0 heterocycles. The van der Waals surface area contributed by atoms with Gasteiger partial charge >= 0.3 is 5.97 Å². The molecule has 152 valence electrons. The molecule has 1 aromatic carbocycles. The van der Waals surface area contributed by atoms with E-state index in [4.69, 9.17) is 9.47 Å². The summed E-state index contributed by atoms with van der Waals surface area (Å²) in [4.78, 5) is 23.8. The molecule has 0 aliphatic carbocycles. The number of carbonyl (C=O) groups is 2. The van der Waals surface area contributed by atoms with Gasteiger partial charge in [0.15, 0.2) is 6.61 Å². The number of methoxy groups -OCH3 is 1. The van der Waals surface area contributed by atoms with Crippen molar-refractivity contribution in [3.63, 3.8) is 0 Å². The van der Waals surface area contributed by atoms with E-state index in [9.17, 15) is 18.0 Å². The van der Waals surface area contributed by atoms with Crippen molar-refractivity contribution in [1.29, 1.82) is 0 Å². The van der Waals surface area contributed by atoms with Gasteiger partial charge in [0, 0.05) is 19.2 Å². The molecule has 0 bridgehead atoms. The summed E-state index contributed by atoms with van der Waals surface area (Å²) in [5, 5.41) is 2.73. The standard InChI is InChI=1S/C18H28N2O6S/c1-12(2)14(4)19-17(21)11-26-18(22)15-6-8-16(9-7-15)27(23,24)20-13(3)10-25-5/h6-9,12-14,20H,10-11H2,1-5H3,(H,19,21)/t13-,14+/m0/s1. The number of rotatable bonds is 10. The second-order valence-electron chi connectivity index (χ2n) is 6.68. The maximum atomic E-state index is 12.2. The summed E-state index contributed by atoms with van der Waals surface area (Å²) in [6, 6.07) is 4.86. The predicted molar refractivity (Wildman–Crippen MR) is 101 cm³/mol. The molecule has 0 aliphatic rings. The van der Waals surface area contributed by atoms with Gasteiger partial charge in [0.2, 0.25) is 10.0 Å². The highest BCUT2D eigenvalue weighted by molar-refractivity contribution is 7.89. The summed E-state index contributed by atoms with van der Waals surface area (Å²) in [7, 11) is -2.24. The third-order valence-corrected chi connectivity index (χ3v) is 5.50. The monoisotopic (exact) mass is 400 g/mol. The van der Waals surface area contributed by atoms with Crippen molar-refractivity contribution >= 4 is 21.9 Å². The Morgan fingerprint density at radius 3 is 2.19 bits per heavy atom. The van der Waals surface area contributed by atoms with Crippen LogP contribution in [0.4, 0.5) is 0 Å². The topological polar surface area (TPSA) is 111 Å². The summed E-state index contributed by atoms with van der Waals surface area (Å²) >= 11 is 0. The third-order valence-electron chi connectivity index (χ3n) is 3.90. The van der Waals surface area contributed by atoms with Crippen LogP contribution in [0.15, 0.2) is 29.2 Å². The van der Waals surface area contributed by atoms with Crippen molar-refractivity contribution in [1.82, 2.24) is 10.0 Å². The smallest absolute Gasteiger partial charge is 0.338 e. The van der Waals surface area contributed by atoms with Crippen LogP contribution in [-0.4, -0.2) is 52.7 Å². The molecule has 0 fully saturated rings. The number of sulfonamides is 1. The maximum Gasteiger partial charge on any atom is 0.338 e. The lowest BCUT2D eigenvalue weighted by molar-refractivity contribution is -0.125. The summed E-state index contributed by atoms with van der Waals surface area (Å²) in [5.41, 5.74) is 0.156. The van der Waals surface area contributed by atoms with E-state index in [1.807, 2.05) is 20.8 Å². The van der Waals surface area contributed by atoms with Crippen LogP contribution in [0, 0.1) is 5.92 Å². The molecule has 0 spiro atoms. The lowest BCUT2D eigenvalue weighted by Gasteiger charge is -2.17. The summed E-state index contributed by atoms with van der Waals surface area (Å²) in [5.74, 6) is -0.827. The number of carbonyl (C=O) groups excluding carboxylic acids is 2. The summed E-state index contributed by atoms with van der Waals surface area (Å²) in [6.45, 7) is 7.32. The van der Waals surface area contributed by atoms with Gasteiger partial charge in [-0.15, -0.1) is 0 Å². The Labute approximate surface area is 160 Å². The molecular weight excluding hydrogens is 372 g/mol. The number of esters is 1. The number of hydrogen-bond acceptors (Lipinski definition) is 6. The van der Waals surface area contributed by atoms with Gasteiger partial charge in [-0.25, -0.2) is 17.9 Å². The Morgan fingerprint density at radius 1 is 1.07 bits per heavy atom. The Balaban J connectivity index is 2.65. The van der Waals surface area contributed by atoms with Crippen LogP contribution in [0.1, 0.15) is 38.1 Å². The van der Waals surface area contributed by atoms with Crippen molar-refractivity contribution in [3.05, 3.63) is 29.8 Å². The molecule has 0 aromatic heterocycles. The number of amides is 1. The van der Waals surface area contributed by atoms with Gasteiger partial charge in [0.25, 0.3) is 5.91 Å². The molecule has 1 aromatic rings. The normalized spacial score (nSPS) is 13.9. The van der Waals surface area contributed by atoms with E-state index < -0.39 is 28.6 Å². The zero-order valence-corrected chi connectivity index (χ0v) is 17.1. The molecule has 1 amide bonds. The van der Waals surface area contributed by atoms with E-state index in [0.717, 1.165) is 0 Å². The van der Waals surface area contributed by atoms with Crippen LogP contribution in [0.5, 0.6) is 0 Å². The van der Waals surface area contributed by atoms with Crippen LogP contribution in [0.2, 0.25) is 0 Å². The van der Waals surface area contributed by atoms with E-state index in [0.29, 0.717) is 0 Å². The lowest BCUT2D eigenvalue weighted by atomic mass is 10.1. The van der Waals surface area contributed by atoms with Gasteiger partial charge in [-0.1, -0.05) is 13.8 Å². The highest BCUT2D eigenvalue weighted by Gasteiger charge is 2.19. The van der Waals surface area contributed by atoms with Crippen molar-refractivity contribution < 1.29 is 27.5 Å². The van der Waals surface area contributed by atoms with Crippen LogP contribution in [-0.2, 0) is 24.3 Å². The highest BCUT2D eigenvalue weighted by atomic mass is 32.2. The first-order valence-electron chi connectivity index (χ1n) is 8.64. The predicted octanol–water partition coefficient (Wildman–Crippen LogP) is 1.32. The Hall–Kier alpha value is -1.97. The van der Waals surface area contributed by atoms with Crippen molar-refractivity contribution in [3.8, 4) is 0 Å². The first-order valence-corrected chi connectivity index (χ1v) is 10.1. The van der Waals surface area contributed by atoms with Gasteiger partial charge in [0.1, 0.15) is 0 Å². The van der Waals surface area contributed by atoms with Gasteiger partial charge in [0.05, 0.1) is 17.1 Å². The molecule has 0 radical (unpaired) electrons. The second-order valence-corrected chi connectivity index (χ2v) is 8.39. The van der Waals surface area contributed by atoms with Crippen LogP contribution in [0.3, 0.4) is 0 Å². The zero-order valence-electron chi connectivity index (χ0n) is 16.3. The lowest BCUT2D eigenvalue weighted by Crippen LogP contribution is -2.38. The third kappa shape index (κ3) is 7.66. The Morgan fingerprint density at radius 2 is 1.67 bits per heavy atom. The van der Waals surface area contributed by atoms with Crippen LogP contribution < -0.4 is 10.0 Å². The number of hydrogen-bond donors (Lipinski definition) is 2. The van der Waals surface area contributed by atoms with Crippen LogP contribution >= 0.6 is 0 Å². The van der Waals surface area contributed by atoms with E-state index in [1.165, 1.54) is 31.4 Å². The average Bonchev–Trinajstić information content (AvgIpc) is 2.59. The van der Waals surface area contributed by atoms with E-state index >= 15 is 0 Å². The van der Waals surface area contributed by atoms with Gasteiger partial charge in [-0.3, -0.25) is 4.79 Å². The van der Waals surface area contributed by atoms with Crippen molar-refractivity contribution in [2.45, 2.75) is 44.7 Å². The first kappa shape index (κ1) is 23.1. The maximum absolute atomic E-state index is 12.2. The van der Waals surface area contributed by atoms with Gasteiger partial charge < -0.3 is 14.8 Å². The molecule has 9 heteroatoms. The minimum Gasteiger partial charge on any atom is -0.452 e. The van der Waals surface area contributed by atoms with Gasteiger partial charge in [-0.2, -0.15) is 0 Å². The fraction of sp³-hybridized carbons (Fsp3) is 0.556. The fourth-order valence-electron chi connectivity index (χ4n) is 2.06. The molecule has 2 N–H and O–H groups in total. The first-order chi connectivity index (χ1) is 12.6. The minimum absolute atomic E-state index is 0.0190. The Kier molecular flexibility index (Phi) is 8.87. The number of ether oxygens (including phenoxy) is 2. The molecule has 0 saturated heterocycles. The summed E-state index contributed by atoms with van der Waals surface area (Å²) < 4.78 is 36.8. The molecule has 2 atom stereocenters. The zero-order chi connectivity index (χ0) is 20.6. The number of nitrogens with one attached hydrogen (secondary N) is 2. The fourth-order valence-corrected chi connectivity index (χ4v) is 3.29. The van der Waals surface area contributed by atoms with Crippen molar-refractivity contribution in [2.24, 2.45) is 5.92 Å². The average molecular weight is 400 g/mol. The molecule has 0 saturated carbocycles. The molecular formula is C18H28N2O6S. The number of benzene rings is 1. The van der Waals surface area contributed by atoms with E-state index in [-0.39, 0.29) is 34.9 Å². The molecule has 27 heavy (non-hydrogen) atoms. The SMILES string of the molecule is COC[C@H](C)NS(=O)(=O)c1ccc(C(=O)OCC(=O)N[C@H](C)C(C)C)cc1. The second kappa shape index (κ2) is 10.4. The van der Waals surface area contributed by atoms with Gasteiger partial charge in [-0.05, 0) is 44.0 Å². The van der Waals surface area contributed by atoms with Crippen LogP contribution in [0.25, 0.3) is 0 Å². The quantitative estimate of drug-likeness (QED) is 0.573. The van der Waals surface area contributed by atoms with E-state index in [2.05, 4.69) is 10.0 Å². The molecule has 0 unspecified atom stereocenters. The molecule has 1 rings (SSSR count). The largest absolute Gasteiger partial charge is 0.452 e. The summed E-state index contributed by atoms with van der Waals surface area (Å²) in [6.07, 6.45) is 0. The van der Waals surface area contributed by atoms with Crippen molar-refractivity contribution in [2.75, 3.05) is 20.3 Å². The molecule has 0 aliphatic heterocycles. The Bertz CT molecular complexity index is 731. The highest BCUT2D eigenvalue weighted by Crippen LogP contribution is 2.12. The molecule has 8 nitrogen and oxygen atoms in total. The minimum atomic E-state index is -3.72.